The summed E-state index contributed by atoms with van der Waals surface area (Å²) in [4.78, 5) is 5.60. The Balaban J connectivity index is 1.12. The fourth-order valence-electron chi connectivity index (χ4n) is 9.63. The molecule has 2 nitrogen and oxygen atoms in total. The number of benzene rings is 10. The summed E-state index contributed by atoms with van der Waals surface area (Å²) >= 11 is 0. The highest BCUT2D eigenvalue weighted by molar-refractivity contribution is 6.28. The SMILES string of the molecule is c1ccc(-c2c3ccccc3c(-c3ccc(-c4cccc5c4nc(-c4ccccc4)c4ccc6c7ccccc7n(-c7ccccc7)c6c45)cc3)c3ccccc23)cc1. The third kappa shape index (κ3) is 5.17. The third-order valence-corrected chi connectivity index (χ3v) is 12.2. The largest absolute Gasteiger partial charge is 0.309 e. The minimum atomic E-state index is 0.986. The van der Waals surface area contributed by atoms with Crippen LogP contribution >= 0.6 is 0 Å². The van der Waals surface area contributed by atoms with Gasteiger partial charge in [-0.05, 0) is 67.6 Å². The van der Waals surface area contributed by atoms with Crippen molar-refractivity contribution in [2.24, 2.45) is 0 Å². The van der Waals surface area contributed by atoms with Crippen LogP contribution in [0.2, 0.25) is 0 Å². The zero-order valence-corrected chi connectivity index (χ0v) is 32.2. The predicted molar refractivity (Wildman–Crippen MR) is 250 cm³/mol. The van der Waals surface area contributed by atoms with Gasteiger partial charge >= 0.3 is 0 Å². The van der Waals surface area contributed by atoms with Gasteiger partial charge in [0.15, 0.2) is 0 Å². The molecule has 0 spiro atoms. The minimum absolute atomic E-state index is 0.986. The molecule has 0 bridgehead atoms. The third-order valence-electron chi connectivity index (χ3n) is 12.2. The first-order valence-corrected chi connectivity index (χ1v) is 20.3. The summed E-state index contributed by atoms with van der Waals surface area (Å²) in [6.45, 7) is 0. The van der Waals surface area contributed by atoms with Crippen molar-refractivity contribution in [1.82, 2.24) is 9.55 Å². The lowest BCUT2D eigenvalue weighted by Gasteiger charge is -2.18. The molecule has 59 heavy (non-hydrogen) atoms. The van der Waals surface area contributed by atoms with Gasteiger partial charge in [0.25, 0.3) is 0 Å². The summed E-state index contributed by atoms with van der Waals surface area (Å²) < 4.78 is 2.44. The van der Waals surface area contributed by atoms with Crippen molar-refractivity contribution in [2.75, 3.05) is 0 Å². The molecule has 2 heteroatoms. The van der Waals surface area contributed by atoms with Crippen LogP contribution in [0.3, 0.4) is 0 Å². The molecule has 0 atom stereocenters. The fourth-order valence-corrected chi connectivity index (χ4v) is 9.63. The molecule has 0 fully saturated rings. The lowest BCUT2D eigenvalue weighted by Crippen LogP contribution is -1.97. The molecule has 274 valence electrons. The van der Waals surface area contributed by atoms with Crippen LogP contribution in [0.25, 0.3) is 115 Å². The first-order valence-electron chi connectivity index (χ1n) is 20.3. The topological polar surface area (TPSA) is 17.8 Å². The second-order valence-corrected chi connectivity index (χ2v) is 15.4. The van der Waals surface area contributed by atoms with Crippen molar-refractivity contribution >= 4 is 65.0 Å². The predicted octanol–water partition coefficient (Wildman–Crippen LogP) is 15.5. The van der Waals surface area contributed by atoms with E-state index in [0.717, 1.165) is 44.4 Å². The number of rotatable bonds is 5. The van der Waals surface area contributed by atoms with E-state index < -0.39 is 0 Å². The van der Waals surface area contributed by atoms with Crippen LogP contribution in [-0.2, 0) is 0 Å². The molecule has 0 amide bonds. The molecule has 0 unspecified atom stereocenters. The Bertz CT molecular complexity index is 3510. The normalized spacial score (nSPS) is 11.7. The van der Waals surface area contributed by atoms with E-state index >= 15 is 0 Å². The fraction of sp³-hybridized carbons (Fsp3) is 0. The van der Waals surface area contributed by atoms with Gasteiger partial charge in [-0.1, -0.05) is 200 Å². The van der Waals surface area contributed by atoms with Gasteiger partial charge in [0.2, 0.25) is 0 Å². The zero-order chi connectivity index (χ0) is 38.9. The van der Waals surface area contributed by atoms with E-state index in [9.17, 15) is 0 Å². The molecule has 0 radical (unpaired) electrons. The Morgan fingerprint density at radius 2 is 0.780 bits per heavy atom. The van der Waals surface area contributed by atoms with E-state index in [1.807, 2.05) is 0 Å². The van der Waals surface area contributed by atoms with Gasteiger partial charge in [0.1, 0.15) is 0 Å². The number of pyridine rings is 1. The number of hydrogen-bond acceptors (Lipinski definition) is 1. The van der Waals surface area contributed by atoms with Gasteiger partial charge in [-0.2, -0.15) is 0 Å². The van der Waals surface area contributed by atoms with Gasteiger partial charge in [-0.15, -0.1) is 0 Å². The Morgan fingerprint density at radius 3 is 1.41 bits per heavy atom. The summed E-state index contributed by atoms with van der Waals surface area (Å²) in [7, 11) is 0. The Morgan fingerprint density at radius 1 is 0.305 bits per heavy atom. The highest BCUT2D eigenvalue weighted by atomic mass is 15.0. The zero-order valence-electron chi connectivity index (χ0n) is 32.2. The maximum Gasteiger partial charge on any atom is 0.0795 e. The molecule has 10 aromatic carbocycles. The first kappa shape index (κ1) is 33.3. The molecule has 12 rings (SSSR count). The molecule has 0 saturated heterocycles. The molecular weight excluding hydrogens is 713 g/mol. The minimum Gasteiger partial charge on any atom is -0.309 e. The van der Waals surface area contributed by atoms with Gasteiger partial charge in [0, 0.05) is 43.7 Å². The summed E-state index contributed by atoms with van der Waals surface area (Å²) in [5.74, 6) is 0. The number of nitrogens with zero attached hydrogens (tertiary/aromatic N) is 2. The number of aromatic nitrogens is 2. The van der Waals surface area contributed by atoms with Crippen LogP contribution in [0, 0.1) is 0 Å². The van der Waals surface area contributed by atoms with Gasteiger partial charge in [-0.25, -0.2) is 4.98 Å². The van der Waals surface area contributed by atoms with Crippen LogP contribution in [0.1, 0.15) is 0 Å². The van der Waals surface area contributed by atoms with Crippen molar-refractivity contribution in [1.29, 1.82) is 0 Å². The smallest absolute Gasteiger partial charge is 0.0795 e. The van der Waals surface area contributed by atoms with Crippen molar-refractivity contribution < 1.29 is 0 Å². The average Bonchev–Trinajstić information content (AvgIpc) is 3.66. The second-order valence-electron chi connectivity index (χ2n) is 15.4. The van der Waals surface area contributed by atoms with Gasteiger partial charge in [0.05, 0.1) is 22.2 Å². The van der Waals surface area contributed by atoms with E-state index in [1.54, 1.807) is 0 Å². The molecule has 0 aliphatic carbocycles. The molecule has 0 aliphatic heterocycles. The van der Waals surface area contributed by atoms with Gasteiger partial charge < -0.3 is 4.57 Å². The molecular formula is C57H36N2. The standard InChI is InChI=1S/C57H36N2/c1-4-17-38(18-5-1)52-44-24-10-12-26-46(44)53(47-27-13-11-25-45(47)52)39-33-31-37(32-34-39)42-28-16-29-49-54-50(55(58-56(42)49)40-19-6-2-7-20-40)36-35-48-43-23-14-15-30-51(43)59(57(48)54)41-21-8-3-9-22-41/h1-36H. The van der Waals surface area contributed by atoms with Crippen LogP contribution < -0.4 is 0 Å². The van der Waals surface area contributed by atoms with Crippen LogP contribution in [0.5, 0.6) is 0 Å². The van der Waals surface area contributed by atoms with Crippen molar-refractivity contribution in [3.05, 3.63) is 218 Å². The quantitative estimate of drug-likeness (QED) is 0.127. The molecule has 2 heterocycles. The van der Waals surface area contributed by atoms with E-state index in [1.165, 1.54) is 71.0 Å². The summed E-state index contributed by atoms with van der Waals surface area (Å²) in [5.41, 5.74) is 13.8. The van der Waals surface area contributed by atoms with E-state index in [-0.39, 0.29) is 0 Å². The lowest BCUT2D eigenvalue weighted by molar-refractivity contribution is 1.19. The highest BCUT2D eigenvalue weighted by Crippen LogP contribution is 2.46. The van der Waals surface area contributed by atoms with Crippen molar-refractivity contribution in [3.63, 3.8) is 0 Å². The average molecular weight is 749 g/mol. The highest BCUT2D eigenvalue weighted by Gasteiger charge is 2.22. The summed E-state index contributed by atoms with van der Waals surface area (Å²) in [6, 6.07) is 79.2. The van der Waals surface area contributed by atoms with Crippen LogP contribution in [-0.4, -0.2) is 9.55 Å². The monoisotopic (exact) mass is 748 g/mol. The van der Waals surface area contributed by atoms with Gasteiger partial charge in [-0.3, -0.25) is 0 Å². The van der Waals surface area contributed by atoms with E-state index in [4.69, 9.17) is 4.98 Å². The van der Waals surface area contributed by atoms with Crippen molar-refractivity contribution in [3.8, 4) is 50.3 Å². The van der Waals surface area contributed by atoms with Crippen LogP contribution in [0.15, 0.2) is 218 Å². The lowest BCUT2D eigenvalue weighted by atomic mass is 9.85. The number of hydrogen-bond donors (Lipinski definition) is 0. The number of para-hydroxylation sites is 3. The molecule has 12 aromatic rings. The molecule has 0 N–H and O–H groups in total. The summed E-state index contributed by atoms with van der Waals surface area (Å²) in [5, 5.41) is 11.0. The number of fused-ring (bicyclic) bond motifs is 9. The Kier molecular flexibility index (Phi) is 7.57. The Labute approximate surface area is 341 Å². The molecule has 0 saturated carbocycles. The molecule has 0 aliphatic rings. The maximum absolute atomic E-state index is 5.60. The summed E-state index contributed by atoms with van der Waals surface area (Å²) in [6.07, 6.45) is 0. The van der Waals surface area contributed by atoms with E-state index in [0.29, 0.717) is 0 Å². The second kappa shape index (κ2) is 13.4. The molecule has 2 aromatic heterocycles. The maximum atomic E-state index is 5.60. The van der Waals surface area contributed by atoms with E-state index in [2.05, 4.69) is 223 Å². The van der Waals surface area contributed by atoms with Crippen LogP contribution in [0.4, 0.5) is 0 Å². The Hall–Kier alpha value is -7.81. The first-order chi connectivity index (χ1) is 29.3. The van der Waals surface area contributed by atoms with Crippen molar-refractivity contribution in [2.45, 2.75) is 0 Å².